The monoisotopic (exact) mass is 498 g/mol. The minimum Gasteiger partial charge on any atom is -0.493 e. The quantitative estimate of drug-likeness (QED) is 0.423. The van der Waals surface area contributed by atoms with Gasteiger partial charge in [-0.25, -0.2) is 0 Å². The number of nitrogens with one attached hydrogen (secondary N) is 2. The van der Waals surface area contributed by atoms with Crippen molar-refractivity contribution in [2.45, 2.75) is 19.4 Å². The van der Waals surface area contributed by atoms with Gasteiger partial charge in [-0.05, 0) is 67.0 Å². The molecule has 4 rings (SSSR count). The van der Waals surface area contributed by atoms with E-state index in [4.69, 9.17) is 14.2 Å². The van der Waals surface area contributed by atoms with E-state index < -0.39 is 5.91 Å². The van der Waals surface area contributed by atoms with Crippen LogP contribution in [0.2, 0.25) is 0 Å². The lowest BCUT2D eigenvalue weighted by molar-refractivity contribution is -0.117. The predicted molar refractivity (Wildman–Crippen MR) is 143 cm³/mol. The fourth-order valence-electron chi connectivity index (χ4n) is 3.98. The zero-order valence-electron chi connectivity index (χ0n) is 21.1. The Labute approximate surface area is 216 Å². The molecule has 3 aromatic carbocycles. The summed E-state index contributed by atoms with van der Waals surface area (Å²) < 4.78 is 16.7. The van der Waals surface area contributed by atoms with Gasteiger partial charge >= 0.3 is 0 Å². The molecule has 0 spiro atoms. The average Bonchev–Trinajstić information content (AvgIpc) is 2.93. The van der Waals surface area contributed by atoms with E-state index in [0.717, 1.165) is 22.4 Å². The fourth-order valence-corrected chi connectivity index (χ4v) is 3.98. The van der Waals surface area contributed by atoms with E-state index in [1.54, 1.807) is 44.6 Å². The largest absolute Gasteiger partial charge is 0.493 e. The molecular formula is C30H30N2O5. The molecule has 7 heteroatoms. The van der Waals surface area contributed by atoms with Crippen LogP contribution in [0.1, 0.15) is 28.4 Å². The Morgan fingerprint density at radius 1 is 0.946 bits per heavy atom. The topological polar surface area (TPSA) is 85.9 Å². The maximum Gasteiger partial charge on any atom is 0.267 e. The Kier molecular flexibility index (Phi) is 8.26. The maximum atomic E-state index is 13.2. The highest BCUT2D eigenvalue weighted by Crippen LogP contribution is 2.30. The van der Waals surface area contributed by atoms with Crippen LogP contribution >= 0.6 is 0 Å². The first-order valence-electron chi connectivity index (χ1n) is 12.0. The number of carbonyl (C=O) groups excluding carboxylic acids is 2. The van der Waals surface area contributed by atoms with E-state index in [1.165, 1.54) is 0 Å². The van der Waals surface area contributed by atoms with Crippen LogP contribution in [0.5, 0.6) is 17.2 Å². The number of amides is 2. The summed E-state index contributed by atoms with van der Waals surface area (Å²) in [7, 11) is 3.17. The molecule has 0 aromatic heterocycles. The second-order valence-corrected chi connectivity index (χ2v) is 8.52. The molecular weight excluding hydrogens is 468 g/mol. The molecule has 190 valence electrons. The maximum absolute atomic E-state index is 13.2. The molecule has 1 aliphatic rings. The van der Waals surface area contributed by atoms with Crippen molar-refractivity contribution >= 4 is 17.9 Å². The third kappa shape index (κ3) is 6.38. The number of para-hydroxylation sites is 1. The highest BCUT2D eigenvalue weighted by atomic mass is 16.5. The molecule has 2 amide bonds. The van der Waals surface area contributed by atoms with Crippen molar-refractivity contribution in [3.8, 4) is 17.2 Å². The van der Waals surface area contributed by atoms with Crippen LogP contribution in [0, 0.1) is 0 Å². The van der Waals surface area contributed by atoms with Crippen molar-refractivity contribution in [2.24, 2.45) is 0 Å². The number of benzene rings is 3. The molecule has 7 nitrogen and oxygen atoms in total. The SMILES string of the molecule is COc1ccc(CCNC(=O)C(=CC2=Cc3ccccc3OC2C)NC(=O)c2ccccc2)cc1OC. The van der Waals surface area contributed by atoms with Gasteiger partial charge in [0.1, 0.15) is 17.6 Å². The lowest BCUT2D eigenvalue weighted by atomic mass is 10.0. The van der Waals surface area contributed by atoms with Crippen LogP contribution in [0.3, 0.4) is 0 Å². The lowest BCUT2D eigenvalue weighted by Crippen LogP contribution is -2.36. The Morgan fingerprint density at radius 3 is 2.43 bits per heavy atom. The number of hydrogen-bond acceptors (Lipinski definition) is 5. The summed E-state index contributed by atoms with van der Waals surface area (Å²) in [6.45, 7) is 2.27. The average molecular weight is 499 g/mol. The van der Waals surface area contributed by atoms with E-state index in [2.05, 4.69) is 10.6 Å². The van der Waals surface area contributed by atoms with Crippen LogP contribution in [0.15, 0.2) is 90.1 Å². The van der Waals surface area contributed by atoms with Gasteiger partial charge in [-0.2, -0.15) is 0 Å². The summed E-state index contributed by atoms with van der Waals surface area (Å²) in [6, 6.07) is 22.1. The fraction of sp³-hybridized carbons (Fsp3) is 0.200. The van der Waals surface area contributed by atoms with Crippen molar-refractivity contribution in [1.82, 2.24) is 10.6 Å². The molecule has 3 aromatic rings. The van der Waals surface area contributed by atoms with Crippen LogP contribution in [-0.4, -0.2) is 38.7 Å². The third-order valence-electron chi connectivity index (χ3n) is 6.00. The Balaban J connectivity index is 1.53. The van der Waals surface area contributed by atoms with Gasteiger partial charge in [-0.1, -0.05) is 42.5 Å². The summed E-state index contributed by atoms with van der Waals surface area (Å²) in [5.41, 5.74) is 3.26. The normalized spacial score (nSPS) is 14.5. The van der Waals surface area contributed by atoms with Crippen LogP contribution in [0.25, 0.3) is 6.08 Å². The summed E-state index contributed by atoms with van der Waals surface area (Å²) in [4.78, 5) is 26.1. The molecule has 0 saturated heterocycles. The zero-order valence-corrected chi connectivity index (χ0v) is 21.1. The minimum atomic E-state index is -0.392. The van der Waals surface area contributed by atoms with Gasteiger partial charge < -0.3 is 24.8 Å². The molecule has 0 bridgehead atoms. The van der Waals surface area contributed by atoms with E-state index in [-0.39, 0.29) is 17.7 Å². The molecule has 1 unspecified atom stereocenters. The van der Waals surface area contributed by atoms with Crippen molar-refractivity contribution in [3.63, 3.8) is 0 Å². The van der Waals surface area contributed by atoms with Crippen LogP contribution in [-0.2, 0) is 11.2 Å². The summed E-state index contributed by atoms with van der Waals surface area (Å²) in [6.07, 6.45) is 3.92. The second kappa shape index (κ2) is 11.9. The number of methoxy groups -OCH3 is 2. The van der Waals surface area contributed by atoms with E-state index in [0.29, 0.717) is 30.0 Å². The highest BCUT2D eigenvalue weighted by molar-refractivity contribution is 6.03. The number of hydrogen-bond donors (Lipinski definition) is 2. The van der Waals surface area contributed by atoms with Gasteiger partial charge in [0.2, 0.25) is 0 Å². The van der Waals surface area contributed by atoms with Gasteiger partial charge in [0.15, 0.2) is 11.5 Å². The van der Waals surface area contributed by atoms with Gasteiger partial charge in [0.05, 0.1) is 14.2 Å². The number of fused-ring (bicyclic) bond motifs is 1. The molecule has 0 aliphatic carbocycles. The first kappa shape index (κ1) is 25.6. The standard InChI is InChI=1S/C30H30N2O5/c1-20-24(18-23-11-7-8-12-26(23)37-20)19-25(32-29(33)22-9-5-4-6-10-22)30(34)31-16-15-21-13-14-27(35-2)28(17-21)36-3/h4-14,17-20H,15-16H2,1-3H3,(H,31,34)(H,32,33). The third-order valence-corrected chi connectivity index (χ3v) is 6.00. The summed E-state index contributed by atoms with van der Waals surface area (Å²) in [5, 5.41) is 5.70. The minimum absolute atomic E-state index is 0.141. The first-order valence-corrected chi connectivity index (χ1v) is 12.0. The predicted octanol–water partition coefficient (Wildman–Crippen LogP) is 4.54. The van der Waals surface area contributed by atoms with Gasteiger partial charge in [0.25, 0.3) is 11.8 Å². The first-order chi connectivity index (χ1) is 18.0. The van der Waals surface area contributed by atoms with Crippen molar-refractivity contribution in [2.75, 3.05) is 20.8 Å². The van der Waals surface area contributed by atoms with Gasteiger partial charge in [-0.3, -0.25) is 9.59 Å². The van der Waals surface area contributed by atoms with Crippen molar-refractivity contribution in [1.29, 1.82) is 0 Å². The van der Waals surface area contributed by atoms with Crippen molar-refractivity contribution < 1.29 is 23.8 Å². The van der Waals surface area contributed by atoms with E-state index >= 15 is 0 Å². The second-order valence-electron chi connectivity index (χ2n) is 8.52. The van der Waals surface area contributed by atoms with E-state index in [9.17, 15) is 9.59 Å². The van der Waals surface area contributed by atoms with E-state index in [1.807, 2.05) is 61.5 Å². The zero-order chi connectivity index (χ0) is 26.2. The molecule has 1 atom stereocenters. The van der Waals surface area contributed by atoms with Crippen LogP contribution in [0.4, 0.5) is 0 Å². The van der Waals surface area contributed by atoms with Crippen molar-refractivity contribution in [3.05, 3.63) is 107 Å². The Morgan fingerprint density at radius 2 is 1.68 bits per heavy atom. The van der Waals surface area contributed by atoms with Gasteiger partial charge in [0, 0.05) is 17.7 Å². The number of ether oxygens (including phenoxy) is 3. The molecule has 1 aliphatic heterocycles. The molecule has 0 radical (unpaired) electrons. The molecule has 0 saturated carbocycles. The molecule has 37 heavy (non-hydrogen) atoms. The molecule has 1 heterocycles. The Hall–Kier alpha value is -4.52. The molecule has 0 fully saturated rings. The number of carbonyl (C=O) groups is 2. The Bertz CT molecular complexity index is 1330. The lowest BCUT2D eigenvalue weighted by Gasteiger charge is -2.23. The summed E-state index contributed by atoms with van der Waals surface area (Å²) in [5.74, 6) is 1.29. The van der Waals surface area contributed by atoms with Crippen LogP contribution < -0.4 is 24.8 Å². The highest BCUT2D eigenvalue weighted by Gasteiger charge is 2.21. The molecule has 2 N–H and O–H groups in total. The summed E-state index contributed by atoms with van der Waals surface area (Å²) >= 11 is 0. The number of rotatable bonds is 9. The van der Waals surface area contributed by atoms with Gasteiger partial charge in [-0.15, -0.1) is 0 Å². The smallest absolute Gasteiger partial charge is 0.267 e.